The van der Waals surface area contributed by atoms with Crippen molar-refractivity contribution in [2.45, 2.75) is 84.7 Å². The quantitative estimate of drug-likeness (QED) is 0.726. The van der Waals surface area contributed by atoms with Gasteiger partial charge in [-0.15, -0.1) is 0 Å². The molecule has 0 aliphatic heterocycles. The molecular weight excluding hydrogens is 352 g/mol. The predicted octanol–water partition coefficient (Wildman–Crippen LogP) is 4.38. The van der Waals surface area contributed by atoms with Crippen molar-refractivity contribution in [1.29, 1.82) is 0 Å². The summed E-state index contributed by atoms with van der Waals surface area (Å²) in [6.45, 7) is 7.03. The number of esters is 1. The van der Waals surface area contributed by atoms with E-state index in [0.29, 0.717) is 48.2 Å². The van der Waals surface area contributed by atoms with Gasteiger partial charge in [0.05, 0.1) is 13.2 Å². The lowest BCUT2D eigenvalue weighted by Gasteiger charge is -2.60. The van der Waals surface area contributed by atoms with Crippen LogP contribution in [0.5, 0.6) is 0 Å². The van der Waals surface area contributed by atoms with E-state index in [9.17, 15) is 14.7 Å². The number of carbonyl (C=O) groups excluding carboxylic acids is 2. The first-order chi connectivity index (χ1) is 13.2. The number of hydrogen-bond acceptors (Lipinski definition) is 4. The van der Waals surface area contributed by atoms with Crippen molar-refractivity contribution in [3.8, 4) is 0 Å². The zero-order valence-corrected chi connectivity index (χ0v) is 18.1. The number of rotatable bonds is 3. The lowest BCUT2D eigenvalue weighted by Crippen LogP contribution is -2.57. The summed E-state index contributed by atoms with van der Waals surface area (Å²) in [5.41, 5.74) is 0.385. The standard InChI is InChI=1S/C24H38O4/c1-14(11-21(27)28-4)17-5-6-18-22-19(8-10-24(17,18)3)23(2)9-7-16(25)12-15(23)13-20(22)26/h14-19,22,25H,5-13H2,1-4H3/t14-,15+,16-,17-,18?,19?,22+,23+,24-/m1/s1. The Morgan fingerprint density at radius 3 is 2.54 bits per heavy atom. The van der Waals surface area contributed by atoms with E-state index in [2.05, 4.69) is 20.8 Å². The third-order valence-electron chi connectivity index (χ3n) is 9.92. The molecule has 9 atom stereocenters. The van der Waals surface area contributed by atoms with E-state index >= 15 is 0 Å². The molecule has 4 nitrogen and oxygen atoms in total. The fraction of sp³-hybridized carbons (Fsp3) is 0.917. The molecule has 1 N–H and O–H groups in total. The minimum absolute atomic E-state index is 0.113. The molecule has 4 fully saturated rings. The van der Waals surface area contributed by atoms with Crippen LogP contribution in [-0.2, 0) is 14.3 Å². The number of methoxy groups -OCH3 is 1. The van der Waals surface area contributed by atoms with Crippen molar-refractivity contribution in [3.05, 3.63) is 0 Å². The number of ether oxygens (including phenoxy) is 1. The molecule has 0 aromatic heterocycles. The first-order valence-electron chi connectivity index (χ1n) is 11.5. The van der Waals surface area contributed by atoms with Crippen molar-refractivity contribution in [1.82, 2.24) is 0 Å². The SMILES string of the molecule is COC(=O)C[C@@H](C)[C@H]1CCC2[C@@H]3C(=O)C[C@@H]4C[C@H](O)CC[C@]4(C)C3CC[C@@]21C. The Morgan fingerprint density at radius 1 is 1.14 bits per heavy atom. The van der Waals surface area contributed by atoms with E-state index in [-0.39, 0.29) is 28.8 Å². The molecule has 0 saturated heterocycles. The Hall–Kier alpha value is -0.900. The van der Waals surface area contributed by atoms with Crippen molar-refractivity contribution >= 4 is 11.8 Å². The van der Waals surface area contributed by atoms with Crippen LogP contribution >= 0.6 is 0 Å². The van der Waals surface area contributed by atoms with Crippen LogP contribution in [0.2, 0.25) is 0 Å². The Morgan fingerprint density at radius 2 is 1.82 bits per heavy atom. The van der Waals surface area contributed by atoms with Crippen LogP contribution in [0.4, 0.5) is 0 Å². The summed E-state index contributed by atoms with van der Waals surface area (Å²) >= 11 is 0. The van der Waals surface area contributed by atoms with Gasteiger partial charge >= 0.3 is 5.97 Å². The van der Waals surface area contributed by atoms with Crippen LogP contribution in [-0.4, -0.2) is 30.1 Å². The van der Waals surface area contributed by atoms with Gasteiger partial charge in [0, 0.05) is 18.8 Å². The van der Waals surface area contributed by atoms with Gasteiger partial charge in [0.25, 0.3) is 0 Å². The molecule has 4 aliphatic carbocycles. The molecule has 4 aliphatic rings. The van der Waals surface area contributed by atoms with E-state index in [0.717, 1.165) is 38.5 Å². The number of carbonyl (C=O) groups is 2. The van der Waals surface area contributed by atoms with E-state index < -0.39 is 0 Å². The lowest BCUT2D eigenvalue weighted by molar-refractivity contribution is -0.161. The normalized spacial score (nSPS) is 49.0. The smallest absolute Gasteiger partial charge is 0.305 e. The summed E-state index contributed by atoms with van der Waals surface area (Å²) < 4.78 is 4.92. The maximum absolute atomic E-state index is 13.4. The largest absolute Gasteiger partial charge is 0.469 e. The van der Waals surface area contributed by atoms with Crippen molar-refractivity contribution in [3.63, 3.8) is 0 Å². The van der Waals surface area contributed by atoms with E-state index in [1.165, 1.54) is 13.5 Å². The highest BCUT2D eigenvalue weighted by atomic mass is 16.5. The molecule has 0 aromatic rings. The molecule has 0 aromatic carbocycles. The summed E-state index contributed by atoms with van der Waals surface area (Å²) in [6.07, 6.45) is 8.29. The minimum Gasteiger partial charge on any atom is -0.469 e. The number of aliphatic hydroxyl groups excluding tert-OH is 1. The summed E-state index contributed by atoms with van der Waals surface area (Å²) in [5, 5.41) is 10.2. The van der Waals surface area contributed by atoms with E-state index in [1.54, 1.807) is 0 Å². The number of fused-ring (bicyclic) bond motifs is 5. The van der Waals surface area contributed by atoms with Crippen LogP contribution in [0, 0.1) is 46.3 Å². The average Bonchev–Trinajstić information content (AvgIpc) is 3.00. The Kier molecular flexibility index (Phi) is 5.17. The molecule has 0 heterocycles. The topological polar surface area (TPSA) is 63.6 Å². The van der Waals surface area contributed by atoms with Crippen molar-refractivity contribution in [2.24, 2.45) is 46.3 Å². The second-order valence-electron chi connectivity index (χ2n) is 11.0. The average molecular weight is 391 g/mol. The fourth-order valence-electron chi connectivity index (χ4n) is 8.37. The second-order valence-corrected chi connectivity index (χ2v) is 11.0. The van der Waals surface area contributed by atoms with Gasteiger partial charge in [-0.3, -0.25) is 9.59 Å². The van der Waals surface area contributed by atoms with Crippen LogP contribution < -0.4 is 0 Å². The van der Waals surface area contributed by atoms with E-state index in [4.69, 9.17) is 4.74 Å². The van der Waals surface area contributed by atoms with Gasteiger partial charge in [0.1, 0.15) is 5.78 Å². The zero-order valence-electron chi connectivity index (χ0n) is 18.1. The van der Waals surface area contributed by atoms with Gasteiger partial charge in [-0.1, -0.05) is 20.8 Å². The van der Waals surface area contributed by atoms with Gasteiger partial charge in [0.2, 0.25) is 0 Å². The number of aliphatic hydroxyl groups is 1. The zero-order chi connectivity index (χ0) is 20.3. The molecule has 0 amide bonds. The maximum Gasteiger partial charge on any atom is 0.305 e. The van der Waals surface area contributed by atoms with Crippen LogP contribution in [0.15, 0.2) is 0 Å². The summed E-state index contributed by atoms with van der Waals surface area (Å²) in [6, 6.07) is 0. The third kappa shape index (κ3) is 2.97. The Labute approximate surface area is 169 Å². The molecule has 4 heteroatoms. The highest BCUT2D eigenvalue weighted by Gasteiger charge is 2.63. The fourth-order valence-corrected chi connectivity index (χ4v) is 8.37. The predicted molar refractivity (Wildman–Crippen MR) is 107 cm³/mol. The molecule has 4 rings (SSSR count). The van der Waals surface area contributed by atoms with Gasteiger partial charge in [-0.05, 0) is 85.4 Å². The molecule has 158 valence electrons. The molecule has 0 spiro atoms. The molecule has 0 bridgehead atoms. The summed E-state index contributed by atoms with van der Waals surface area (Å²) in [5.74, 6) is 2.69. The molecule has 28 heavy (non-hydrogen) atoms. The van der Waals surface area contributed by atoms with Gasteiger partial charge in [-0.2, -0.15) is 0 Å². The van der Waals surface area contributed by atoms with Gasteiger partial charge in [-0.25, -0.2) is 0 Å². The summed E-state index contributed by atoms with van der Waals surface area (Å²) in [4.78, 5) is 25.2. The van der Waals surface area contributed by atoms with Crippen LogP contribution in [0.25, 0.3) is 0 Å². The van der Waals surface area contributed by atoms with E-state index in [1.807, 2.05) is 0 Å². The monoisotopic (exact) mass is 390 g/mol. The summed E-state index contributed by atoms with van der Waals surface area (Å²) in [7, 11) is 1.47. The Balaban J connectivity index is 1.58. The highest BCUT2D eigenvalue weighted by molar-refractivity contribution is 5.83. The second kappa shape index (κ2) is 7.11. The van der Waals surface area contributed by atoms with Crippen LogP contribution in [0.1, 0.15) is 78.6 Å². The maximum atomic E-state index is 13.4. The molecular formula is C24H38O4. The number of Topliss-reactive ketones (excluding diaryl/α,β-unsaturated/α-hetero) is 1. The molecule has 2 unspecified atom stereocenters. The lowest BCUT2D eigenvalue weighted by atomic mass is 9.44. The van der Waals surface area contributed by atoms with Crippen molar-refractivity contribution in [2.75, 3.05) is 7.11 Å². The van der Waals surface area contributed by atoms with Crippen molar-refractivity contribution < 1.29 is 19.4 Å². The van der Waals surface area contributed by atoms with Gasteiger partial charge in [0.15, 0.2) is 0 Å². The molecule has 4 saturated carbocycles. The molecule has 0 radical (unpaired) electrons. The first-order valence-corrected chi connectivity index (χ1v) is 11.5. The highest BCUT2D eigenvalue weighted by Crippen LogP contribution is 2.67. The third-order valence-corrected chi connectivity index (χ3v) is 9.92. The van der Waals surface area contributed by atoms with Gasteiger partial charge < -0.3 is 9.84 Å². The first kappa shape index (κ1) is 20.4. The minimum atomic E-state index is -0.216. The number of ketones is 1. The number of hydrogen-bond donors (Lipinski definition) is 1. The Bertz CT molecular complexity index is 645. The van der Waals surface area contributed by atoms with Crippen LogP contribution in [0.3, 0.4) is 0 Å².